The Hall–Kier alpha value is -1.90. The quantitative estimate of drug-likeness (QED) is 0.694. The summed E-state index contributed by atoms with van der Waals surface area (Å²) in [7, 11) is -1.98. The molecule has 2 aromatic rings. The van der Waals surface area contributed by atoms with E-state index >= 15 is 0 Å². The van der Waals surface area contributed by atoms with Crippen molar-refractivity contribution >= 4 is 39.1 Å². The lowest BCUT2D eigenvalue weighted by Crippen LogP contribution is -2.32. The number of anilines is 3. The van der Waals surface area contributed by atoms with Crippen molar-refractivity contribution in [2.24, 2.45) is 0 Å². The Labute approximate surface area is 146 Å². The monoisotopic (exact) mass is 369 g/mol. The molecule has 7 nitrogen and oxygen atoms in total. The molecule has 0 aliphatic rings. The third-order valence-electron chi connectivity index (χ3n) is 3.37. The van der Waals surface area contributed by atoms with Crippen LogP contribution in [0.1, 0.15) is 20.3 Å². The average molecular weight is 370 g/mol. The summed E-state index contributed by atoms with van der Waals surface area (Å²) in [5, 5.41) is 6.07. The minimum atomic E-state index is -3.67. The molecule has 2 rings (SSSR count). The van der Waals surface area contributed by atoms with E-state index in [4.69, 9.17) is 11.6 Å². The molecule has 0 amide bonds. The van der Waals surface area contributed by atoms with Gasteiger partial charge in [-0.25, -0.2) is 18.1 Å². The van der Waals surface area contributed by atoms with Gasteiger partial charge >= 0.3 is 0 Å². The zero-order valence-electron chi connectivity index (χ0n) is 13.7. The van der Waals surface area contributed by atoms with Gasteiger partial charge in [0.25, 0.3) is 0 Å². The van der Waals surface area contributed by atoms with Crippen molar-refractivity contribution in [1.29, 1.82) is 0 Å². The lowest BCUT2D eigenvalue weighted by Gasteiger charge is -2.16. The molecule has 0 aliphatic carbocycles. The first kappa shape index (κ1) is 18.4. The standard InChI is InChI=1S/C15H20ClN5O2S/c1-4-10(2)21-24(22,23)13-8-6-5-7-12(13)19-14-11(16)9-18-15(17-3)20-14/h5-10,21H,4H2,1-3H3,(H2,17,18,19,20). The van der Waals surface area contributed by atoms with Crippen LogP contribution in [-0.2, 0) is 10.0 Å². The molecule has 0 fully saturated rings. The molecule has 1 heterocycles. The number of nitrogens with zero attached hydrogens (tertiary/aromatic N) is 2. The predicted octanol–water partition coefficient (Wildman–Crippen LogP) is 2.99. The molecular formula is C15H20ClN5O2S. The van der Waals surface area contributed by atoms with Crippen LogP contribution < -0.4 is 15.4 Å². The van der Waals surface area contributed by atoms with Crippen molar-refractivity contribution < 1.29 is 8.42 Å². The highest BCUT2D eigenvalue weighted by Gasteiger charge is 2.21. The third kappa shape index (κ3) is 4.34. The number of benzene rings is 1. The van der Waals surface area contributed by atoms with Crippen LogP contribution in [0.25, 0.3) is 0 Å². The average Bonchev–Trinajstić information content (AvgIpc) is 2.56. The summed E-state index contributed by atoms with van der Waals surface area (Å²) in [6.07, 6.45) is 2.13. The number of sulfonamides is 1. The first-order chi connectivity index (χ1) is 11.4. The van der Waals surface area contributed by atoms with Gasteiger partial charge in [0.05, 0.1) is 11.9 Å². The van der Waals surface area contributed by atoms with Gasteiger partial charge in [-0.3, -0.25) is 0 Å². The van der Waals surface area contributed by atoms with Gasteiger partial charge in [0.1, 0.15) is 9.92 Å². The normalized spacial score (nSPS) is 12.7. The van der Waals surface area contributed by atoms with Crippen molar-refractivity contribution in [2.45, 2.75) is 31.2 Å². The van der Waals surface area contributed by atoms with Gasteiger partial charge in [0.2, 0.25) is 16.0 Å². The minimum Gasteiger partial charge on any atom is -0.357 e. The van der Waals surface area contributed by atoms with E-state index in [1.54, 1.807) is 25.2 Å². The molecule has 9 heteroatoms. The minimum absolute atomic E-state index is 0.131. The van der Waals surface area contributed by atoms with Crippen LogP contribution >= 0.6 is 11.6 Å². The van der Waals surface area contributed by atoms with Gasteiger partial charge < -0.3 is 10.6 Å². The Bertz CT molecular complexity index is 813. The van der Waals surface area contributed by atoms with Crippen LogP contribution in [0.2, 0.25) is 5.02 Å². The summed E-state index contributed by atoms with van der Waals surface area (Å²) in [5.41, 5.74) is 0.385. The highest BCUT2D eigenvalue weighted by atomic mass is 35.5. The molecule has 1 unspecified atom stereocenters. The molecule has 0 saturated heterocycles. The maximum Gasteiger partial charge on any atom is 0.242 e. The Kier molecular flexibility index (Phi) is 5.98. The number of nitrogens with one attached hydrogen (secondary N) is 3. The molecule has 1 aromatic carbocycles. The number of para-hydroxylation sites is 1. The zero-order valence-corrected chi connectivity index (χ0v) is 15.2. The van der Waals surface area contributed by atoms with Gasteiger partial charge in [0, 0.05) is 13.1 Å². The van der Waals surface area contributed by atoms with Gasteiger partial charge in [-0.2, -0.15) is 4.98 Å². The Balaban J connectivity index is 2.40. The van der Waals surface area contributed by atoms with Gasteiger partial charge in [0.15, 0.2) is 5.82 Å². The van der Waals surface area contributed by atoms with Crippen LogP contribution in [-0.4, -0.2) is 31.5 Å². The molecule has 0 radical (unpaired) electrons. The largest absolute Gasteiger partial charge is 0.357 e. The lowest BCUT2D eigenvalue weighted by atomic mass is 10.3. The highest BCUT2D eigenvalue weighted by molar-refractivity contribution is 7.89. The van der Waals surface area contributed by atoms with Crippen LogP contribution in [0, 0.1) is 0 Å². The molecule has 130 valence electrons. The van der Waals surface area contributed by atoms with Gasteiger partial charge in [-0.1, -0.05) is 30.7 Å². The number of rotatable bonds is 7. The second-order valence-corrected chi connectivity index (χ2v) is 7.28. The van der Waals surface area contributed by atoms with Gasteiger partial charge in [-0.15, -0.1) is 0 Å². The number of hydrogen-bond donors (Lipinski definition) is 3. The van der Waals surface area contributed by atoms with Crippen LogP contribution in [0.5, 0.6) is 0 Å². The van der Waals surface area contributed by atoms with Crippen molar-refractivity contribution in [3.63, 3.8) is 0 Å². The summed E-state index contributed by atoms with van der Waals surface area (Å²) >= 11 is 6.10. The van der Waals surface area contributed by atoms with E-state index in [1.807, 2.05) is 13.8 Å². The van der Waals surface area contributed by atoms with E-state index in [2.05, 4.69) is 25.3 Å². The predicted molar refractivity (Wildman–Crippen MR) is 96.4 cm³/mol. The molecule has 3 N–H and O–H groups in total. The molecule has 24 heavy (non-hydrogen) atoms. The number of aromatic nitrogens is 2. The van der Waals surface area contributed by atoms with Crippen molar-refractivity contribution in [1.82, 2.24) is 14.7 Å². The van der Waals surface area contributed by atoms with E-state index in [1.165, 1.54) is 12.3 Å². The summed E-state index contributed by atoms with van der Waals surface area (Å²) in [6.45, 7) is 3.73. The van der Waals surface area contributed by atoms with Crippen LogP contribution in [0.3, 0.4) is 0 Å². The summed E-state index contributed by atoms with van der Waals surface area (Å²) in [4.78, 5) is 8.33. The van der Waals surface area contributed by atoms with Crippen LogP contribution in [0.4, 0.5) is 17.5 Å². The van der Waals surface area contributed by atoms with Crippen molar-refractivity contribution in [3.8, 4) is 0 Å². The second kappa shape index (κ2) is 7.78. The fourth-order valence-corrected chi connectivity index (χ4v) is 3.55. The molecule has 1 atom stereocenters. The molecule has 0 spiro atoms. The van der Waals surface area contributed by atoms with Crippen LogP contribution in [0.15, 0.2) is 35.4 Å². The fraction of sp³-hybridized carbons (Fsp3) is 0.333. The van der Waals surface area contributed by atoms with E-state index in [0.717, 1.165) is 0 Å². The van der Waals surface area contributed by atoms with E-state index in [9.17, 15) is 8.42 Å². The summed E-state index contributed by atoms with van der Waals surface area (Å²) in [6, 6.07) is 6.42. The highest BCUT2D eigenvalue weighted by Crippen LogP contribution is 2.28. The van der Waals surface area contributed by atoms with Gasteiger partial charge in [-0.05, 0) is 25.5 Å². The van der Waals surface area contributed by atoms with E-state index < -0.39 is 10.0 Å². The smallest absolute Gasteiger partial charge is 0.242 e. The maximum absolute atomic E-state index is 12.6. The zero-order chi connectivity index (χ0) is 17.7. The molecule has 0 aliphatic heterocycles. The first-order valence-corrected chi connectivity index (χ1v) is 9.32. The fourth-order valence-electron chi connectivity index (χ4n) is 1.92. The lowest BCUT2D eigenvalue weighted by molar-refractivity contribution is 0.556. The summed E-state index contributed by atoms with van der Waals surface area (Å²) in [5.74, 6) is 0.696. The summed E-state index contributed by atoms with van der Waals surface area (Å²) < 4.78 is 27.8. The molecule has 0 saturated carbocycles. The third-order valence-corrected chi connectivity index (χ3v) is 5.29. The van der Waals surface area contributed by atoms with Crippen molar-refractivity contribution in [3.05, 3.63) is 35.5 Å². The molecule has 0 bridgehead atoms. The maximum atomic E-state index is 12.6. The number of hydrogen-bond acceptors (Lipinski definition) is 6. The first-order valence-electron chi connectivity index (χ1n) is 7.46. The Morgan fingerprint density at radius 3 is 2.67 bits per heavy atom. The van der Waals surface area contributed by atoms with E-state index in [-0.39, 0.29) is 16.0 Å². The second-order valence-electron chi connectivity index (χ2n) is 5.19. The topological polar surface area (TPSA) is 96.0 Å². The number of halogens is 1. The van der Waals surface area contributed by atoms with E-state index in [0.29, 0.717) is 23.9 Å². The van der Waals surface area contributed by atoms with Crippen molar-refractivity contribution in [2.75, 3.05) is 17.7 Å². The SMILES string of the molecule is CCC(C)NS(=O)(=O)c1ccccc1Nc1nc(NC)ncc1Cl. The Morgan fingerprint density at radius 2 is 2.00 bits per heavy atom. The molecular weight excluding hydrogens is 350 g/mol. The Morgan fingerprint density at radius 1 is 1.29 bits per heavy atom. The molecule has 1 aromatic heterocycles.